The predicted molar refractivity (Wildman–Crippen MR) is 93.1 cm³/mol. The van der Waals surface area contributed by atoms with Crippen molar-refractivity contribution >= 4 is 40.7 Å². The number of hydrogen-bond donors (Lipinski definition) is 2. The molecule has 0 saturated carbocycles. The SMILES string of the molecule is CC(SC=S)C(=O)NCCOC(=O)NCCCCCCOC#N. The second-order valence-corrected chi connectivity index (χ2v) is 6.33. The maximum absolute atomic E-state index is 11.5. The molecule has 0 aromatic rings. The molecular formula is C14H23N3O4S2. The molecule has 0 aliphatic carbocycles. The van der Waals surface area contributed by atoms with Crippen molar-refractivity contribution in [3.8, 4) is 6.26 Å². The molecule has 0 aliphatic rings. The molecule has 0 saturated heterocycles. The molecule has 0 rings (SSSR count). The number of rotatable bonds is 13. The first-order valence-electron chi connectivity index (χ1n) is 7.40. The normalized spacial score (nSPS) is 11.0. The number of amides is 2. The van der Waals surface area contributed by atoms with Gasteiger partial charge in [-0.1, -0.05) is 18.6 Å². The largest absolute Gasteiger partial charge is 0.448 e. The van der Waals surface area contributed by atoms with Crippen molar-refractivity contribution in [1.82, 2.24) is 10.6 Å². The van der Waals surface area contributed by atoms with Crippen LogP contribution in [-0.2, 0) is 14.3 Å². The molecule has 0 aromatic carbocycles. The Balaban J connectivity index is 3.42. The highest BCUT2D eigenvalue weighted by atomic mass is 32.2. The van der Waals surface area contributed by atoms with Gasteiger partial charge in [0, 0.05) is 11.2 Å². The van der Waals surface area contributed by atoms with Gasteiger partial charge >= 0.3 is 6.09 Å². The summed E-state index contributed by atoms with van der Waals surface area (Å²) in [5.74, 6) is -0.138. The molecule has 0 aromatic heterocycles. The first kappa shape index (κ1) is 21.5. The van der Waals surface area contributed by atoms with E-state index in [-0.39, 0.29) is 24.3 Å². The van der Waals surface area contributed by atoms with E-state index in [4.69, 9.17) is 10.00 Å². The zero-order valence-electron chi connectivity index (χ0n) is 13.2. The molecular weight excluding hydrogens is 338 g/mol. The van der Waals surface area contributed by atoms with Gasteiger partial charge in [-0.05, 0) is 26.2 Å². The second-order valence-electron chi connectivity index (χ2n) is 4.58. The highest BCUT2D eigenvalue weighted by Gasteiger charge is 2.11. The number of carbonyl (C=O) groups excluding carboxylic acids is 2. The Morgan fingerprint density at radius 3 is 2.65 bits per heavy atom. The van der Waals surface area contributed by atoms with Crippen LogP contribution in [0.15, 0.2) is 0 Å². The lowest BCUT2D eigenvalue weighted by atomic mass is 10.2. The van der Waals surface area contributed by atoms with Gasteiger partial charge in [0.05, 0.1) is 11.8 Å². The monoisotopic (exact) mass is 361 g/mol. The van der Waals surface area contributed by atoms with E-state index in [0.29, 0.717) is 13.2 Å². The molecule has 130 valence electrons. The predicted octanol–water partition coefficient (Wildman–Crippen LogP) is 1.97. The van der Waals surface area contributed by atoms with E-state index in [1.165, 1.54) is 16.5 Å². The summed E-state index contributed by atoms with van der Waals surface area (Å²) >= 11 is 5.92. The Bertz CT molecular complexity index is 402. The van der Waals surface area contributed by atoms with Crippen LogP contribution < -0.4 is 10.6 Å². The minimum Gasteiger partial charge on any atom is -0.448 e. The van der Waals surface area contributed by atoms with Gasteiger partial charge in [0.1, 0.15) is 13.2 Å². The minimum absolute atomic E-state index is 0.123. The summed E-state index contributed by atoms with van der Waals surface area (Å²) in [6.07, 6.45) is 4.69. The van der Waals surface area contributed by atoms with Gasteiger partial charge in [0.15, 0.2) is 0 Å². The number of thioether (sulfide) groups is 1. The van der Waals surface area contributed by atoms with E-state index in [1.54, 1.807) is 13.2 Å². The Morgan fingerprint density at radius 1 is 1.22 bits per heavy atom. The zero-order chi connectivity index (χ0) is 17.3. The van der Waals surface area contributed by atoms with Crippen LogP contribution in [0.3, 0.4) is 0 Å². The van der Waals surface area contributed by atoms with Crippen LogP contribution in [0.2, 0.25) is 0 Å². The van der Waals surface area contributed by atoms with E-state index in [0.717, 1.165) is 25.7 Å². The fraction of sp³-hybridized carbons (Fsp3) is 0.714. The van der Waals surface area contributed by atoms with Crippen LogP contribution >= 0.6 is 24.0 Å². The number of alkyl carbamates (subject to hydrolysis) is 1. The van der Waals surface area contributed by atoms with E-state index in [2.05, 4.69) is 27.6 Å². The summed E-state index contributed by atoms with van der Waals surface area (Å²) in [4.78, 5) is 22.9. The van der Waals surface area contributed by atoms with E-state index < -0.39 is 6.09 Å². The molecule has 9 heteroatoms. The number of unbranched alkanes of at least 4 members (excludes halogenated alkanes) is 3. The molecule has 2 N–H and O–H groups in total. The van der Waals surface area contributed by atoms with Crippen molar-refractivity contribution in [2.24, 2.45) is 0 Å². The summed E-state index contributed by atoms with van der Waals surface area (Å²) in [6.45, 7) is 3.13. The lowest BCUT2D eigenvalue weighted by Gasteiger charge is -2.10. The Morgan fingerprint density at radius 2 is 1.96 bits per heavy atom. The number of nitriles is 1. The van der Waals surface area contributed by atoms with Crippen molar-refractivity contribution < 1.29 is 19.1 Å². The van der Waals surface area contributed by atoms with Crippen LogP contribution in [0.25, 0.3) is 0 Å². The van der Waals surface area contributed by atoms with E-state index in [9.17, 15) is 9.59 Å². The van der Waals surface area contributed by atoms with Crippen molar-refractivity contribution in [3.63, 3.8) is 0 Å². The van der Waals surface area contributed by atoms with Gasteiger partial charge in [-0.15, -0.1) is 11.8 Å². The second kappa shape index (κ2) is 15.4. The molecule has 0 bridgehead atoms. The number of thiocarbonyl (C=S) groups is 1. The molecule has 1 unspecified atom stereocenters. The standard InChI is InChI=1S/C14H23N3O4S2/c1-12(23-11-22)13(18)16-7-9-21-14(19)17-6-4-2-3-5-8-20-10-15/h11-12H,2-9H2,1H3,(H,16,18)(H,17,19). The van der Waals surface area contributed by atoms with Gasteiger partial charge < -0.3 is 20.1 Å². The van der Waals surface area contributed by atoms with Crippen molar-refractivity contribution in [1.29, 1.82) is 5.26 Å². The van der Waals surface area contributed by atoms with E-state index in [1.807, 2.05) is 0 Å². The Labute approximate surface area is 146 Å². The van der Waals surface area contributed by atoms with E-state index >= 15 is 0 Å². The lowest BCUT2D eigenvalue weighted by Crippen LogP contribution is -2.35. The van der Waals surface area contributed by atoms with Gasteiger partial charge in [0.25, 0.3) is 6.26 Å². The summed E-state index contributed by atoms with van der Waals surface area (Å²) < 4.78 is 10.9. The smallest absolute Gasteiger partial charge is 0.407 e. The van der Waals surface area contributed by atoms with Gasteiger partial charge in [0.2, 0.25) is 5.91 Å². The highest BCUT2D eigenvalue weighted by Crippen LogP contribution is 2.06. The molecule has 23 heavy (non-hydrogen) atoms. The number of ether oxygens (including phenoxy) is 2. The number of carbonyl (C=O) groups is 2. The summed E-state index contributed by atoms with van der Waals surface area (Å²) in [5.41, 5.74) is 0. The number of nitrogens with zero attached hydrogens (tertiary/aromatic N) is 1. The topological polar surface area (TPSA) is 100 Å². The average molecular weight is 361 g/mol. The van der Waals surface area contributed by atoms with Crippen molar-refractivity contribution in [2.45, 2.75) is 37.9 Å². The molecule has 0 aliphatic heterocycles. The maximum Gasteiger partial charge on any atom is 0.407 e. The molecule has 0 spiro atoms. The Hall–Kier alpha value is -1.53. The molecule has 0 radical (unpaired) electrons. The highest BCUT2D eigenvalue weighted by molar-refractivity contribution is 8.21. The van der Waals surface area contributed by atoms with Crippen LogP contribution in [-0.4, -0.2) is 48.3 Å². The van der Waals surface area contributed by atoms with Crippen LogP contribution in [0, 0.1) is 11.5 Å². The molecule has 1 atom stereocenters. The average Bonchev–Trinajstić information content (AvgIpc) is 2.54. The summed E-state index contributed by atoms with van der Waals surface area (Å²) in [7, 11) is 0. The third-order valence-electron chi connectivity index (χ3n) is 2.77. The van der Waals surface area contributed by atoms with Crippen LogP contribution in [0.1, 0.15) is 32.6 Å². The van der Waals surface area contributed by atoms with Crippen LogP contribution in [0.5, 0.6) is 0 Å². The number of nitrogens with one attached hydrogen (secondary N) is 2. The van der Waals surface area contributed by atoms with Gasteiger partial charge in [-0.25, -0.2) is 4.79 Å². The summed E-state index contributed by atoms with van der Waals surface area (Å²) in [5, 5.41) is 13.2. The zero-order valence-corrected chi connectivity index (χ0v) is 14.8. The molecule has 2 amide bonds. The first-order chi connectivity index (χ1) is 11.1. The van der Waals surface area contributed by atoms with Crippen molar-refractivity contribution in [2.75, 3.05) is 26.3 Å². The minimum atomic E-state index is -0.492. The maximum atomic E-state index is 11.5. The molecule has 0 heterocycles. The quantitative estimate of drug-likeness (QED) is 0.294. The molecule has 0 fully saturated rings. The van der Waals surface area contributed by atoms with Gasteiger partial charge in [-0.3, -0.25) is 4.79 Å². The fourth-order valence-corrected chi connectivity index (χ4v) is 2.42. The third-order valence-corrected chi connectivity index (χ3v) is 3.84. The Kier molecular flexibility index (Phi) is 14.3. The fourth-order valence-electron chi connectivity index (χ4n) is 1.55. The summed E-state index contributed by atoms with van der Waals surface area (Å²) in [6, 6.07) is 0. The van der Waals surface area contributed by atoms with Gasteiger partial charge in [-0.2, -0.15) is 5.26 Å². The lowest BCUT2D eigenvalue weighted by molar-refractivity contribution is -0.120. The first-order valence-corrected chi connectivity index (χ1v) is 8.81. The third kappa shape index (κ3) is 13.8. The number of hydrogen-bond acceptors (Lipinski definition) is 7. The molecule has 7 nitrogen and oxygen atoms in total. The van der Waals surface area contributed by atoms with Crippen molar-refractivity contribution in [3.05, 3.63) is 0 Å². The van der Waals surface area contributed by atoms with Crippen LogP contribution in [0.4, 0.5) is 4.79 Å².